The Hall–Kier alpha value is -1.77. The lowest BCUT2D eigenvalue weighted by atomic mass is 10.1. The molecular formula is C11H12O3. The SMILES string of the molecule is C=C(OCC)c1cccc(C(=O)O)c1. The average molecular weight is 192 g/mol. The average Bonchev–Trinajstić information content (AvgIpc) is 2.18. The molecule has 0 aliphatic rings. The Balaban J connectivity index is 2.93. The first-order valence-corrected chi connectivity index (χ1v) is 4.30. The predicted molar refractivity (Wildman–Crippen MR) is 54.1 cm³/mol. The third kappa shape index (κ3) is 2.36. The lowest BCUT2D eigenvalue weighted by Crippen LogP contribution is -1.97. The number of benzene rings is 1. The predicted octanol–water partition coefficient (Wildman–Crippen LogP) is 2.39. The third-order valence-corrected chi connectivity index (χ3v) is 1.75. The van der Waals surface area contributed by atoms with Gasteiger partial charge in [0.2, 0.25) is 0 Å². The largest absolute Gasteiger partial charge is 0.494 e. The van der Waals surface area contributed by atoms with Gasteiger partial charge in [-0.3, -0.25) is 0 Å². The standard InChI is InChI=1S/C11H12O3/c1-3-14-8(2)9-5-4-6-10(7-9)11(12)13/h4-7H,2-3H2,1H3,(H,12,13). The van der Waals surface area contributed by atoms with E-state index in [9.17, 15) is 4.79 Å². The molecule has 3 heteroatoms. The maximum atomic E-state index is 10.7. The van der Waals surface area contributed by atoms with E-state index < -0.39 is 5.97 Å². The van der Waals surface area contributed by atoms with Crippen molar-refractivity contribution in [2.45, 2.75) is 6.92 Å². The van der Waals surface area contributed by atoms with E-state index in [1.165, 1.54) is 6.07 Å². The molecule has 1 aromatic rings. The van der Waals surface area contributed by atoms with Gasteiger partial charge in [0.1, 0.15) is 5.76 Å². The molecule has 0 heterocycles. The van der Waals surface area contributed by atoms with E-state index in [0.717, 1.165) is 0 Å². The smallest absolute Gasteiger partial charge is 0.335 e. The van der Waals surface area contributed by atoms with E-state index in [1.807, 2.05) is 6.92 Å². The molecular weight excluding hydrogens is 180 g/mol. The van der Waals surface area contributed by atoms with Crippen LogP contribution in [0.3, 0.4) is 0 Å². The number of carboxylic acid groups (broad SMARTS) is 1. The highest BCUT2D eigenvalue weighted by molar-refractivity contribution is 5.88. The molecule has 1 N–H and O–H groups in total. The van der Waals surface area contributed by atoms with Crippen LogP contribution in [-0.4, -0.2) is 17.7 Å². The highest BCUT2D eigenvalue weighted by Crippen LogP contribution is 2.15. The van der Waals surface area contributed by atoms with Gasteiger partial charge in [-0.1, -0.05) is 18.7 Å². The van der Waals surface area contributed by atoms with Gasteiger partial charge in [0.15, 0.2) is 0 Å². The molecule has 3 nitrogen and oxygen atoms in total. The molecule has 0 spiro atoms. The molecule has 0 saturated carbocycles. The number of carbonyl (C=O) groups is 1. The minimum absolute atomic E-state index is 0.239. The van der Waals surface area contributed by atoms with E-state index in [4.69, 9.17) is 9.84 Å². The molecule has 0 amide bonds. The van der Waals surface area contributed by atoms with Crippen LogP contribution in [0.5, 0.6) is 0 Å². The first kappa shape index (κ1) is 10.3. The Kier molecular flexibility index (Phi) is 3.29. The zero-order valence-corrected chi connectivity index (χ0v) is 7.99. The zero-order chi connectivity index (χ0) is 10.6. The third-order valence-electron chi connectivity index (χ3n) is 1.75. The summed E-state index contributed by atoms with van der Waals surface area (Å²) in [5.41, 5.74) is 0.940. The Bertz CT molecular complexity index is 355. The van der Waals surface area contributed by atoms with Gasteiger partial charge in [-0.15, -0.1) is 0 Å². The molecule has 1 rings (SSSR count). The number of ether oxygens (including phenoxy) is 1. The first-order valence-electron chi connectivity index (χ1n) is 4.30. The van der Waals surface area contributed by atoms with Gasteiger partial charge in [0, 0.05) is 5.56 Å². The zero-order valence-electron chi connectivity index (χ0n) is 7.99. The highest BCUT2D eigenvalue weighted by atomic mass is 16.5. The summed E-state index contributed by atoms with van der Waals surface area (Å²) in [5.74, 6) is -0.452. The van der Waals surface area contributed by atoms with Gasteiger partial charge in [-0.05, 0) is 19.1 Å². The van der Waals surface area contributed by atoms with Crippen molar-refractivity contribution in [2.24, 2.45) is 0 Å². The topological polar surface area (TPSA) is 46.5 Å². The van der Waals surface area contributed by atoms with E-state index in [1.54, 1.807) is 18.2 Å². The van der Waals surface area contributed by atoms with Crippen LogP contribution in [0.2, 0.25) is 0 Å². The second-order valence-corrected chi connectivity index (χ2v) is 2.74. The van der Waals surface area contributed by atoms with Gasteiger partial charge < -0.3 is 9.84 Å². The Labute approximate surface area is 82.6 Å². The molecule has 74 valence electrons. The Morgan fingerprint density at radius 3 is 2.71 bits per heavy atom. The summed E-state index contributed by atoms with van der Waals surface area (Å²) < 4.78 is 5.18. The summed E-state index contributed by atoms with van der Waals surface area (Å²) in [6, 6.07) is 6.51. The summed E-state index contributed by atoms with van der Waals surface area (Å²) >= 11 is 0. The molecule has 0 aliphatic carbocycles. The lowest BCUT2D eigenvalue weighted by molar-refractivity contribution is 0.0697. The van der Waals surface area contributed by atoms with Crippen molar-refractivity contribution in [3.05, 3.63) is 42.0 Å². The summed E-state index contributed by atoms with van der Waals surface area (Å²) in [6.45, 7) is 6.08. The van der Waals surface area contributed by atoms with Crippen LogP contribution >= 0.6 is 0 Å². The van der Waals surface area contributed by atoms with Crippen LogP contribution < -0.4 is 0 Å². The van der Waals surface area contributed by atoms with Crippen LogP contribution in [0.25, 0.3) is 5.76 Å². The maximum absolute atomic E-state index is 10.7. The first-order chi connectivity index (χ1) is 6.65. The monoisotopic (exact) mass is 192 g/mol. The van der Waals surface area contributed by atoms with Crippen molar-refractivity contribution in [2.75, 3.05) is 6.61 Å². The van der Waals surface area contributed by atoms with Crippen LogP contribution in [0.15, 0.2) is 30.8 Å². The van der Waals surface area contributed by atoms with Gasteiger partial charge >= 0.3 is 5.97 Å². The molecule has 1 aromatic carbocycles. The molecule has 0 unspecified atom stereocenters. The number of aromatic carboxylic acids is 1. The molecule has 0 aromatic heterocycles. The van der Waals surface area contributed by atoms with Crippen molar-refractivity contribution in [3.63, 3.8) is 0 Å². The second-order valence-electron chi connectivity index (χ2n) is 2.74. The van der Waals surface area contributed by atoms with E-state index in [-0.39, 0.29) is 5.56 Å². The van der Waals surface area contributed by atoms with E-state index in [2.05, 4.69) is 6.58 Å². The summed E-state index contributed by atoms with van der Waals surface area (Å²) in [5, 5.41) is 8.75. The fourth-order valence-electron chi connectivity index (χ4n) is 1.08. The quantitative estimate of drug-likeness (QED) is 0.745. The molecule has 0 bridgehead atoms. The molecule has 0 fully saturated rings. The van der Waals surface area contributed by atoms with Gasteiger partial charge in [0.25, 0.3) is 0 Å². The van der Waals surface area contributed by atoms with Crippen molar-refractivity contribution in [1.82, 2.24) is 0 Å². The molecule has 0 aliphatic heterocycles. The molecule has 0 atom stereocenters. The normalized spacial score (nSPS) is 9.50. The van der Waals surface area contributed by atoms with E-state index >= 15 is 0 Å². The van der Waals surface area contributed by atoms with Crippen molar-refractivity contribution in [1.29, 1.82) is 0 Å². The number of hydrogen-bond donors (Lipinski definition) is 1. The maximum Gasteiger partial charge on any atom is 0.335 e. The molecule has 0 saturated heterocycles. The molecule has 0 radical (unpaired) electrons. The molecule has 14 heavy (non-hydrogen) atoms. The van der Waals surface area contributed by atoms with Crippen LogP contribution in [-0.2, 0) is 4.74 Å². The highest BCUT2D eigenvalue weighted by Gasteiger charge is 2.05. The van der Waals surface area contributed by atoms with Gasteiger partial charge in [-0.2, -0.15) is 0 Å². The number of rotatable bonds is 4. The lowest BCUT2D eigenvalue weighted by Gasteiger charge is -2.06. The van der Waals surface area contributed by atoms with Crippen molar-refractivity contribution < 1.29 is 14.6 Å². The van der Waals surface area contributed by atoms with Crippen LogP contribution in [0.4, 0.5) is 0 Å². The number of hydrogen-bond acceptors (Lipinski definition) is 2. The number of carboxylic acids is 1. The summed E-state index contributed by atoms with van der Waals surface area (Å²) in [7, 11) is 0. The van der Waals surface area contributed by atoms with Crippen LogP contribution in [0.1, 0.15) is 22.8 Å². The fourth-order valence-corrected chi connectivity index (χ4v) is 1.08. The minimum atomic E-state index is -0.948. The van der Waals surface area contributed by atoms with Crippen molar-refractivity contribution in [3.8, 4) is 0 Å². The summed E-state index contributed by atoms with van der Waals surface area (Å²) in [6.07, 6.45) is 0. The Morgan fingerprint density at radius 2 is 2.14 bits per heavy atom. The van der Waals surface area contributed by atoms with Crippen LogP contribution in [0, 0.1) is 0 Å². The van der Waals surface area contributed by atoms with Gasteiger partial charge in [-0.25, -0.2) is 4.79 Å². The fraction of sp³-hybridized carbons (Fsp3) is 0.182. The van der Waals surface area contributed by atoms with Crippen molar-refractivity contribution >= 4 is 11.7 Å². The second kappa shape index (κ2) is 4.46. The van der Waals surface area contributed by atoms with Gasteiger partial charge in [0.05, 0.1) is 12.2 Å². The minimum Gasteiger partial charge on any atom is -0.494 e. The Morgan fingerprint density at radius 1 is 1.50 bits per heavy atom. The van der Waals surface area contributed by atoms with E-state index in [0.29, 0.717) is 17.9 Å². The summed E-state index contributed by atoms with van der Waals surface area (Å²) in [4.78, 5) is 10.7.